The molecule has 0 fully saturated rings. The van der Waals surface area contributed by atoms with Crippen molar-refractivity contribution in [2.24, 2.45) is 4.99 Å². The normalized spacial score (nSPS) is 12.6. The minimum absolute atomic E-state index is 0.181. The Morgan fingerprint density at radius 3 is 2.38 bits per heavy atom. The van der Waals surface area contributed by atoms with Crippen LogP contribution in [0.1, 0.15) is 45.6 Å². The van der Waals surface area contributed by atoms with E-state index in [0.29, 0.717) is 25.4 Å². The van der Waals surface area contributed by atoms with Gasteiger partial charge in [-0.25, -0.2) is 0 Å². The number of carbonyl (C=O) groups excluding carboxylic acids is 1. The maximum absolute atomic E-state index is 12.0. The molecule has 1 rings (SSSR count). The number of hydrogen-bond donors (Lipinski definition) is 2. The van der Waals surface area contributed by atoms with Crippen LogP contribution >= 0.6 is 0 Å². The molecule has 0 radical (unpaired) electrons. The highest BCUT2D eigenvalue weighted by Crippen LogP contribution is 2.14. The lowest BCUT2D eigenvalue weighted by Gasteiger charge is -2.19. The summed E-state index contributed by atoms with van der Waals surface area (Å²) in [6.07, 6.45) is 0.486. The second-order valence-electron chi connectivity index (χ2n) is 5.77. The fourth-order valence-corrected chi connectivity index (χ4v) is 2.48. The van der Waals surface area contributed by atoms with Crippen LogP contribution in [-0.2, 0) is 4.79 Å². The fourth-order valence-electron chi connectivity index (χ4n) is 2.48. The van der Waals surface area contributed by atoms with Crippen molar-refractivity contribution < 1.29 is 4.79 Å². The maximum Gasteiger partial charge on any atom is 0.224 e. The van der Waals surface area contributed by atoms with Gasteiger partial charge in [0.25, 0.3) is 0 Å². The maximum atomic E-state index is 12.0. The van der Waals surface area contributed by atoms with Crippen LogP contribution in [0.3, 0.4) is 0 Å². The van der Waals surface area contributed by atoms with Gasteiger partial charge >= 0.3 is 0 Å². The molecule has 5 heteroatoms. The van der Waals surface area contributed by atoms with Crippen molar-refractivity contribution in [3.8, 4) is 0 Å². The summed E-state index contributed by atoms with van der Waals surface area (Å²) in [4.78, 5) is 18.5. The highest BCUT2D eigenvalue weighted by Gasteiger charge is 2.09. The lowest BCUT2D eigenvalue weighted by atomic mass is 10.0. The molecule has 0 spiro atoms. The molecule has 0 bridgehead atoms. The van der Waals surface area contributed by atoms with Gasteiger partial charge in [0, 0.05) is 45.1 Å². The van der Waals surface area contributed by atoms with Gasteiger partial charge in [-0.2, -0.15) is 0 Å². The van der Waals surface area contributed by atoms with E-state index < -0.39 is 0 Å². The van der Waals surface area contributed by atoms with E-state index in [4.69, 9.17) is 0 Å². The number of nitrogens with one attached hydrogen (secondary N) is 2. The summed E-state index contributed by atoms with van der Waals surface area (Å²) < 4.78 is 0. The molecule has 1 aromatic rings. The predicted molar refractivity (Wildman–Crippen MR) is 101 cm³/mol. The van der Waals surface area contributed by atoms with Crippen LogP contribution in [0.2, 0.25) is 0 Å². The average Bonchev–Trinajstić information content (AvgIpc) is 2.61. The quantitative estimate of drug-likeness (QED) is 0.540. The van der Waals surface area contributed by atoms with E-state index in [0.717, 1.165) is 25.6 Å². The number of hydrogen-bond acceptors (Lipinski definition) is 2. The first-order valence-electron chi connectivity index (χ1n) is 8.97. The second-order valence-corrected chi connectivity index (χ2v) is 5.77. The molecule has 0 saturated heterocycles. The van der Waals surface area contributed by atoms with Gasteiger partial charge in [-0.3, -0.25) is 9.79 Å². The number of benzene rings is 1. The summed E-state index contributed by atoms with van der Waals surface area (Å²) in [5.41, 5.74) is 1.29. The van der Waals surface area contributed by atoms with Crippen LogP contribution in [-0.4, -0.2) is 49.5 Å². The highest BCUT2D eigenvalue weighted by atomic mass is 16.2. The first kappa shape index (κ1) is 20.0. The summed E-state index contributed by atoms with van der Waals surface area (Å²) in [5.74, 6) is 1.31. The average molecular weight is 332 g/mol. The number of guanidine groups is 1. The lowest BCUT2D eigenvalue weighted by Crippen LogP contribution is -2.40. The Hall–Kier alpha value is -2.04. The van der Waals surface area contributed by atoms with Crippen molar-refractivity contribution >= 4 is 11.9 Å². The molecule has 2 N–H and O–H groups in total. The zero-order valence-electron chi connectivity index (χ0n) is 15.5. The Bertz CT molecular complexity index is 497. The largest absolute Gasteiger partial charge is 0.357 e. The first-order valence-corrected chi connectivity index (χ1v) is 8.97. The highest BCUT2D eigenvalue weighted by molar-refractivity contribution is 5.81. The summed E-state index contributed by atoms with van der Waals surface area (Å²) in [6.45, 7) is 11.9. The van der Waals surface area contributed by atoms with E-state index >= 15 is 0 Å². The van der Waals surface area contributed by atoms with Crippen LogP contribution in [0.15, 0.2) is 35.3 Å². The van der Waals surface area contributed by atoms with Gasteiger partial charge in [-0.05, 0) is 26.3 Å². The van der Waals surface area contributed by atoms with Gasteiger partial charge in [0.15, 0.2) is 5.96 Å². The molecule has 0 aliphatic carbocycles. The Morgan fingerprint density at radius 1 is 1.12 bits per heavy atom. The molecule has 0 aliphatic rings. The second kappa shape index (κ2) is 11.5. The molecule has 0 saturated carbocycles. The van der Waals surface area contributed by atoms with E-state index in [-0.39, 0.29) is 5.91 Å². The summed E-state index contributed by atoms with van der Waals surface area (Å²) in [5, 5.41) is 6.49. The van der Waals surface area contributed by atoms with E-state index in [1.807, 2.05) is 31.7 Å². The van der Waals surface area contributed by atoms with Gasteiger partial charge < -0.3 is 15.5 Å². The van der Waals surface area contributed by atoms with Crippen molar-refractivity contribution in [3.05, 3.63) is 35.9 Å². The predicted octanol–water partition coefficient (Wildman–Crippen LogP) is 2.60. The molecule has 24 heavy (non-hydrogen) atoms. The number of carbonyl (C=O) groups is 1. The summed E-state index contributed by atoms with van der Waals surface area (Å²) in [7, 11) is 0. The van der Waals surface area contributed by atoms with Gasteiger partial charge in [0.1, 0.15) is 0 Å². The fraction of sp³-hybridized carbons (Fsp3) is 0.579. The zero-order valence-corrected chi connectivity index (χ0v) is 15.5. The van der Waals surface area contributed by atoms with Gasteiger partial charge in [-0.15, -0.1) is 0 Å². The molecule has 0 aliphatic heterocycles. The van der Waals surface area contributed by atoms with Crippen molar-refractivity contribution in [2.75, 3.05) is 32.7 Å². The Labute approximate surface area is 146 Å². The number of nitrogens with zero attached hydrogens (tertiary/aromatic N) is 2. The van der Waals surface area contributed by atoms with Crippen LogP contribution in [0.4, 0.5) is 0 Å². The monoisotopic (exact) mass is 332 g/mol. The molecule has 1 aromatic carbocycles. The molecular formula is C19H32N4O. The number of aliphatic imine (C=N–C) groups is 1. The van der Waals surface area contributed by atoms with Crippen molar-refractivity contribution in [2.45, 2.75) is 40.0 Å². The van der Waals surface area contributed by atoms with Crippen LogP contribution in [0.25, 0.3) is 0 Å². The van der Waals surface area contributed by atoms with Gasteiger partial charge in [-0.1, -0.05) is 37.3 Å². The third kappa shape index (κ3) is 7.02. The van der Waals surface area contributed by atoms with E-state index in [2.05, 4.69) is 46.8 Å². The Morgan fingerprint density at radius 2 is 1.79 bits per heavy atom. The first-order chi connectivity index (χ1) is 11.6. The molecule has 0 aromatic heterocycles. The molecule has 0 heterocycles. The molecule has 5 nitrogen and oxygen atoms in total. The van der Waals surface area contributed by atoms with Crippen molar-refractivity contribution in [3.63, 3.8) is 0 Å². The molecular weight excluding hydrogens is 300 g/mol. The standard InChI is InChI=1S/C19H32N4O/c1-5-20-19(21-14-13-18(24)23(6-2)7-3)22-15-16(4)17-11-9-8-10-12-17/h8-12,16H,5-7,13-15H2,1-4H3,(H2,20,21,22). The van der Waals surface area contributed by atoms with Crippen LogP contribution in [0, 0.1) is 0 Å². The minimum Gasteiger partial charge on any atom is -0.357 e. The smallest absolute Gasteiger partial charge is 0.224 e. The molecule has 134 valence electrons. The molecule has 1 atom stereocenters. The third-order valence-electron chi connectivity index (χ3n) is 3.98. The van der Waals surface area contributed by atoms with E-state index in [9.17, 15) is 4.79 Å². The molecule has 1 amide bonds. The van der Waals surface area contributed by atoms with Gasteiger partial charge in [0.05, 0.1) is 0 Å². The number of rotatable bonds is 9. The Balaban J connectivity index is 2.49. The molecule has 1 unspecified atom stereocenters. The SMILES string of the molecule is CCNC(=NCC(C)c1ccccc1)NCCC(=O)N(CC)CC. The van der Waals surface area contributed by atoms with E-state index in [1.54, 1.807) is 0 Å². The van der Waals surface area contributed by atoms with Crippen molar-refractivity contribution in [1.29, 1.82) is 0 Å². The Kier molecular flexibility index (Phi) is 9.58. The van der Waals surface area contributed by atoms with Crippen LogP contribution < -0.4 is 10.6 Å². The van der Waals surface area contributed by atoms with Crippen LogP contribution in [0.5, 0.6) is 0 Å². The van der Waals surface area contributed by atoms with E-state index in [1.165, 1.54) is 5.56 Å². The lowest BCUT2D eigenvalue weighted by molar-refractivity contribution is -0.130. The third-order valence-corrected chi connectivity index (χ3v) is 3.98. The summed E-state index contributed by atoms with van der Waals surface area (Å²) in [6, 6.07) is 10.4. The minimum atomic E-state index is 0.181. The summed E-state index contributed by atoms with van der Waals surface area (Å²) >= 11 is 0. The van der Waals surface area contributed by atoms with Crippen molar-refractivity contribution in [1.82, 2.24) is 15.5 Å². The van der Waals surface area contributed by atoms with Gasteiger partial charge in [0.2, 0.25) is 5.91 Å². The zero-order chi connectivity index (χ0) is 17.8. The topological polar surface area (TPSA) is 56.7 Å². The number of amides is 1.